The molecular formula is C25H47N3O2. The van der Waals surface area contributed by atoms with E-state index < -0.39 is 5.60 Å². The van der Waals surface area contributed by atoms with Crippen LogP contribution >= 0.6 is 0 Å². The van der Waals surface area contributed by atoms with Gasteiger partial charge in [-0.1, -0.05) is 53.7 Å². The van der Waals surface area contributed by atoms with Gasteiger partial charge in [0.2, 0.25) is 0 Å². The van der Waals surface area contributed by atoms with Crippen molar-refractivity contribution in [1.82, 2.24) is 15.0 Å². The normalized spacial score (nSPS) is 14.6. The van der Waals surface area contributed by atoms with Crippen LogP contribution in [0.2, 0.25) is 0 Å². The molecule has 0 fully saturated rings. The quantitative estimate of drug-likeness (QED) is 0.388. The summed E-state index contributed by atoms with van der Waals surface area (Å²) in [4.78, 5) is 12.1. The maximum absolute atomic E-state index is 12.1. The van der Waals surface area contributed by atoms with Crippen LogP contribution in [0.5, 0.6) is 0 Å². The number of carbonyl (C=O) groups excluding carboxylic acids is 1. The summed E-state index contributed by atoms with van der Waals surface area (Å²) in [6, 6.07) is 0. The van der Waals surface area contributed by atoms with Gasteiger partial charge in [0.05, 0.1) is 16.8 Å². The molecule has 30 heavy (non-hydrogen) atoms. The monoisotopic (exact) mass is 421 g/mol. The van der Waals surface area contributed by atoms with E-state index in [1.165, 1.54) is 6.42 Å². The fourth-order valence-corrected chi connectivity index (χ4v) is 3.62. The van der Waals surface area contributed by atoms with E-state index in [0.29, 0.717) is 30.3 Å². The average molecular weight is 422 g/mol. The Bertz CT molecular complexity index is 672. The van der Waals surface area contributed by atoms with Gasteiger partial charge in [-0.15, -0.1) is 5.10 Å². The van der Waals surface area contributed by atoms with Crippen LogP contribution in [0.15, 0.2) is 6.20 Å². The van der Waals surface area contributed by atoms with Crippen molar-refractivity contribution in [2.75, 3.05) is 6.61 Å². The van der Waals surface area contributed by atoms with Crippen LogP contribution in [0.3, 0.4) is 0 Å². The van der Waals surface area contributed by atoms with Crippen molar-refractivity contribution in [3.05, 3.63) is 11.9 Å². The van der Waals surface area contributed by atoms with Gasteiger partial charge >= 0.3 is 0 Å². The van der Waals surface area contributed by atoms with Gasteiger partial charge in [-0.2, -0.15) is 0 Å². The number of hydrogen-bond donors (Lipinski definition) is 0. The van der Waals surface area contributed by atoms with Crippen LogP contribution in [0, 0.1) is 23.2 Å². The minimum absolute atomic E-state index is 0.0476. The lowest BCUT2D eigenvalue weighted by Gasteiger charge is -2.32. The zero-order chi connectivity index (χ0) is 23.3. The van der Waals surface area contributed by atoms with Gasteiger partial charge in [0.1, 0.15) is 5.78 Å². The van der Waals surface area contributed by atoms with E-state index in [-0.39, 0.29) is 17.2 Å². The molecule has 0 aliphatic carbocycles. The maximum Gasteiger partial charge on any atom is 0.138 e. The van der Waals surface area contributed by atoms with Gasteiger partial charge in [-0.3, -0.25) is 4.79 Å². The molecule has 174 valence electrons. The molecule has 1 rings (SSSR count). The Morgan fingerprint density at radius 1 is 1.07 bits per heavy atom. The molecule has 5 heteroatoms. The lowest BCUT2D eigenvalue weighted by Crippen LogP contribution is -2.34. The van der Waals surface area contributed by atoms with Crippen LogP contribution < -0.4 is 0 Å². The molecule has 0 aromatic carbocycles. The minimum atomic E-state index is -0.441. The fraction of sp³-hybridized carbons (Fsp3) is 0.880. The Hall–Kier alpha value is -1.23. The van der Waals surface area contributed by atoms with E-state index in [2.05, 4.69) is 65.0 Å². The molecule has 0 N–H and O–H groups in total. The third-order valence-corrected chi connectivity index (χ3v) is 6.61. The minimum Gasteiger partial charge on any atom is -0.375 e. The van der Waals surface area contributed by atoms with E-state index in [1.54, 1.807) is 0 Å². The van der Waals surface area contributed by atoms with Gasteiger partial charge in [-0.25, -0.2) is 4.68 Å². The van der Waals surface area contributed by atoms with Crippen LogP contribution in [0.1, 0.15) is 101 Å². The summed E-state index contributed by atoms with van der Waals surface area (Å²) >= 11 is 0. The van der Waals surface area contributed by atoms with Crippen molar-refractivity contribution in [2.24, 2.45) is 23.2 Å². The number of nitrogens with zero attached hydrogens (tertiary/aromatic N) is 3. The first-order valence-corrected chi connectivity index (χ1v) is 11.6. The average Bonchev–Trinajstić information content (AvgIpc) is 3.02. The molecule has 0 aliphatic rings. The van der Waals surface area contributed by atoms with Crippen LogP contribution in [-0.2, 0) is 21.5 Å². The summed E-state index contributed by atoms with van der Waals surface area (Å²) in [5.41, 5.74) is 0.752. The number of Topliss-reactive ketones (excluding diaryl/α,β-unsaturated/α-hetero) is 1. The molecule has 1 unspecified atom stereocenters. The Labute approximate surface area is 185 Å². The zero-order valence-corrected chi connectivity index (χ0v) is 21.5. The van der Waals surface area contributed by atoms with E-state index in [0.717, 1.165) is 18.5 Å². The van der Waals surface area contributed by atoms with E-state index in [1.807, 2.05) is 32.4 Å². The smallest absolute Gasteiger partial charge is 0.138 e. The standard InChI is InChI=1S/C25H47N3O2/c1-18(2)22(29)16-25(10,11)30-13-12-24(8,9)28-17-21(26-27-28)14-20(5)15-23(6,7)19(3)4/h17-20H,12-16H2,1-11H3. The number of carbonyl (C=O) groups is 1. The SMILES string of the molecule is CC(Cc1cn(C(C)(C)CCOC(C)(C)CC(=O)C(C)C)nn1)CC(C)(C)C(C)C. The Balaban J connectivity index is 2.62. The molecule has 5 nitrogen and oxygen atoms in total. The molecule has 1 atom stereocenters. The highest BCUT2D eigenvalue weighted by Crippen LogP contribution is 2.34. The van der Waals surface area contributed by atoms with Gasteiger partial charge < -0.3 is 4.74 Å². The molecule has 0 saturated heterocycles. The van der Waals surface area contributed by atoms with Crippen molar-refractivity contribution in [1.29, 1.82) is 0 Å². The maximum atomic E-state index is 12.1. The highest BCUT2D eigenvalue weighted by Gasteiger charge is 2.28. The first-order chi connectivity index (χ1) is 13.6. The molecule has 0 radical (unpaired) electrons. The summed E-state index contributed by atoms with van der Waals surface area (Å²) in [6.07, 6.45) is 5.48. The summed E-state index contributed by atoms with van der Waals surface area (Å²) in [5, 5.41) is 8.86. The number of hydrogen-bond acceptors (Lipinski definition) is 4. The van der Waals surface area contributed by atoms with Crippen molar-refractivity contribution in [2.45, 2.75) is 113 Å². The van der Waals surface area contributed by atoms with Gasteiger partial charge in [0, 0.05) is 25.1 Å². The first-order valence-electron chi connectivity index (χ1n) is 11.6. The number of ketones is 1. The highest BCUT2D eigenvalue weighted by atomic mass is 16.5. The molecule has 0 amide bonds. The van der Waals surface area contributed by atoms with Crippen molar-refractivity contribution >= 4 is 5.78 Å². The molecule has 0 aliphatic heterocycles. The molecule has 0 spiro atoms. The van der Waals surface area contributed by atoms with Crippen LogP contribution in [0.25, 0.3) is 0 Å². The molecular weight excluding hydrogens is 374 g/mol. The molecule has 0 saturated carbocycles. The van der Waals surface area contributed by atoms with Crippen LogP contribution in [0.4, 0.5) is 0 Å². The Morgan fingerprint density at radius 2 is 1.67 bits per heavy atom. The van der Waals surface area contributed by atoms with Crippen molar-refractivity contribution in [3.63, 3.8) is 0 Å². The molecule has 1 aromatic rings. The third-order valence-electron chi connectivity index (χ3n) is 6.61. The Morgan fingerprint density at radius 3 is 2.20 bits per heavy atom. The van der Waals surface area contributed by atoms with E-state index in [9.17, 15) is 4.79 Å². The fourth-order valence-electron chi connectivity index (χ4n) is 3.62. The number of ether oxygens (including phenoxy) is 1. The second-order valence-electron chi connectivity index (χ2n) is 11.8. The number of rotatable bonds is 13. The lowest BCUT2D eigenvalue weighted by molar-refractivity contribution is -0.128. The topological polar surface area (TPSA) is 57.0 Å². The molecule has 0 bridgehead atoms. The Kier molecular flexibility index (Phi) is 9.28. The zero-order valence-electron chi connectivity index (χ0n) is 21.5. The molecule has 1 aromatic heterocycles. The lowest BCUT2D eigenvalue weighted by atomic mass is 9.74. The van der Waals surface area contributed by atoms with E-state index in [4.69, 9.17) is 4.74 Å². The van der Waals surface area contributed by atoms with Crippen LogP contribution in [-0.4, -0.2) is 33.0 Å². The second-order valence-corrected chi connectivity index (χ2v) is 11.8. The van der Waals surface area contributed by atoms with Gasteiger partial charge in [0.25, 0.3) is 0 Å². The summed E-state index contributed by atoms with van der Waals surface area (Å²) in [6.45, 7) is 24.4. The first kappa shape index (κ1) is 26.8. The predicted molar refractivity (Wildman–Crippen MR) is 125 cm³/mol. The van der Waals surface area contributed by atoms with E-state index >= 15 is 0 Å². The third kappa shape index (κ3) is 8.49. The molecule has 1 heterocycles. The second kappa shape index (κ2) is 10.4. The predicted octanol–water partition coefficient (Wildman–Crippen LogP) is 6.06. The summed E-state index contributed by atoms with van der Waals surface area (Å²) in [7, 11) is 0. The van der Waals surface area contributed by atoms with Crippen molar-refractivity contribution in [3.8, 4) is 0 Å². The largest absolute Gasteiger partial charge is 0.375 e. The highest BCUT2D eigenvalue weighted by molar-refractivity contribution is 5.81. The van der Waals surface area contributed by atoms with Gasteiger partial charge in [0.15, 0.2) is 0 Å². The van der Waals surface area contributed by atoms with Gasteiger partial charge in [-0.05, 0) is 64.2 Å². The van der Waals surface area contributed by atoms with Crippen molar-refractivity contribution < 1.29 is 9.53 Å². The summed E-state index contributed by atoms with van der Waals surface area (Å²) in [5.74, 6) is 1.52. The number of aromatic nitrogens is 3. The summed E-state index contributed by atoms with van der Waals surface area (Å²) < 4.78 is 8.04.